The van der Waals surface area contributed by atoms with Gasteiger partial charge in [-0.3, -0.25) is 4.79 Å². The molecule has 1 heterocycles. The van der Waals surface area contributed by atoms with Gasteiger partial charge in [-0.25, -0.2) is 0 Å². The van der Waals surface area contributed by atoms with Crippen molar-refractivity contribution >= 4 is 17.3 Å². The minimum absolute atomic E-state index is 0.175. The Morgan fingerprint density at radius 3 is 3.00 bits per heavy atom. The van der Waals surface area contributed by atoms with E-state index < -0.39 is 0 Å². The van der Waals surface area contributed by atoms with Crippen molar-refractivity contribution in [2.45, 2.75) is 13.3 Å². The maximum atomic E-state index is 11.4. The van der Waals surface area contributed by atoms with Crippen LogP contribution in [0.1, 0.15) is 12.5 Å². The standard InChI is InChI=1S/C11H14N2O/c1-3-12-9-4-5-10-8(6-9)7-11(14)13(10)2/h4-6,12H,3,7H2,1-2H3. The first kappa shape index (κ1) is 9.06. The molecule has 1 aliphatic heterocycles. The molecule has 3 heteroatoms. The Labute approximate surface area is 83.7 Å². The number of likely N-dealkylation sites (N-methyl/N-ethyl adjacent to an activating group) is 1. The fourth-order valence-electron chi connectivity index (χ4n) is 1.78. The number of hydrogen-bond acceptors (Lipinski definition) is 2. The first-order chi connectivity index (χ1) is 6.72. The lowest BCUT2D eigenvalue weighted by atomic mass is 10.1. The first-order valence-electron chi connectivity index (χ1n) is 4.85. The summed E-state index contributed by atoms with van der Waals surface area (Å²) in [5.41, 5.74) is 3.25. The minimum Gasteiger partial charge on any atom is -0.385 e. The number of nitrogens with zero attached hydrogens (tertiary/aromatic N) is 1. The topological polar surface area (TPSA) is 32.3 Å². The van der Waals surface area contributed by atoms with Gasteiger partial charge in [0.15, 0.2) is 0 Å². The van der Waals surface area contributed by atoms with E-state index >= 15 is 0 Å². The van der Waals surface area contributed by atoms with Crippen molar-refractivity contribution in [3.05, 3.63) is 23.8 Å². The lowest BCUT2D eigenvalue weighted by Crippen LogP contribution is -2.20. The predicted molar refractivity (Wildman–Crippen MR) is 57.7 cm³/mol. The third-order valence-corrected chi connectivity index (χ3v) is 2.54. The van der Waals surface area contributed by atoms with Crippen LogP contribution in [-0.4, -0.2) is 19.5 Å². The van der Waals surface area contributed by atoms with E-state index in [0.717, 1.165) is 23.5 Å². The molecule has 0 atom stereocenters. The van der Waals surface area contributed by atoms with Crippen molar-refractivity contribution in [2.24, 2.45) is 0 Å². The van der Waals surface area contributed by atoms with E-state index in [1.54, 1.807) is 4.90 Å². The number of carbonyl (C=O) groups excluding carboxylic acids is 1. The Bertz CT molecular complexity index is 374. The zero-order valence-electron chi connectivity index (χ0n) is 8.50. The van der Waals surface area contributed by atoms with E-state index in [0.29, 0.717) is 6.42 Å². The second-order valence-electron chi connectivity index (χ2n) is 3.50. The summed E-state index contributed by atoms with van der Waals surface area (Å²) in [7, 11) is 1.82. The van der Waals surface area contributed by atoms with Gasteiger partial charge in [0.1, 0.15) is 0 Å². The number of carbonyl (C=O) groups is 1. The number of nitrogens with one attached hydrogen (secondary N) is 1. The van der Waals surface area contributed by atoms with E-state index in [1.807, 2.05) is 19.2 Å². The Hall–Kier alpha value is -1.51. The van der Waals surface area contributed by atoms with Crippen molar-refractivity contribution in [3.8, 4) is 0 Å². The molecule has 2 rings (SSSR count). The van der Waals surface area contributed by atoms with Crippen LogP contribution in [0.3, 0.4) is 0 Å². The molecule has 1 N–H and O–H groups in total. The fourth-order valence-corrected chi connectivity index (χ4v) is 1.78. The SMILES string of the molecule is CCNc1ccc2c(c1)CC(=O)N2C. The fraction of sp³-hybridized carbons (Fsp3) is 0.364. The molecular weight excluding hydrogens is 176 g/mol. The summed E-state index contributed by atoms with van der Waals surface area (Å²) < 4.78 is 0. The number of benzene rings is 1. The molecular formula is C11H14N2O. The summed E-state index contributed by atoms with van der Waals surface area (Å²) >= 11 is 0. The van der Waals surface area contributed by atoms with E-state index in [-0.39, 0.29) is 5.91 Å². The maximum absolute atomic E-state index is 11.4. The zero-order valence-corrected chi connectivity index (χ0v) is 8.50. The molecule has 1 aliphatic rings. The molecule has 1 aromatic carbocycles. The van der Waals surface area contributed by atoms with E-state index in [9.17, 15) is 4.79 Å². The Morgan fingerprint density at radius 2 is 2.29 bits per heavy atom. The Morgan fingerprint density at radius 1 is 1.50 bits per heavy atom. The molecule has 0 saturated carbocycles. The number of hydrogen-bond donors (Lipinski definition) is 1. The van der Waals surface area contributed by atoms with Crippen molar-refractivity contribution in [1.82, 2.24) is 0 Å². The van der Waals surface area contributed by atoms with Crippen molar-refractivity contribution in [2.75, 3.05) is 23.8 Å². The van der Waals surface area contributed by atoms with Gasteiger partial charge in [-0.2, -0.15) is 0 Å². The largest absolute Gasteiger partial charge is 0.385 e. The first-order valence-corrected chi connectivity index (χ1v) is 4.85. The van der Waals surface area contributed by atoms with E-state index in [2.05, 4.69) is 18.3 Å². The summed E-state index contributed by atoms with van der Waals surface area (Å²) in [6.07, 6.45) is 0.533. The average Bonchev–Trinajstić information content (AvgIpc) is 2.43. The normalized spacial score (nSPS) is 14.4. The van der Waals surface area contributed by atoms with Crippen molar-refractivity contribution in [1.29, 1.82) is 0 Å². The summed E-state index contributed by atoms with van der Waals surface area (Å²) in [5, 5.41) is 3.24. The van der Waals surface area contributed by atoms with Gasteiger partial charge in [-0.15, -0.1) is 0 Å². The predicted octanol–water partition coefficient (Wildman–Crippen LogP) is 1.64. The highest BCUT2D eigenvalue weighted by Crippen LogP contribution is 2.29. The van der Waals surface area contributed by atoms with E-state index in [4.69, 9.17) is 0 Å². The lowest BCUT2D eigenvalue weighted by Gasteiger charge is -2.10. The molecule has 3 nitrogen and oxygen atoms in total. The van der Waals surface area contributed by atoms with Gasteiger partial charge in [0.25, 0.3) is 0 Å². The van der Waals surface area contributed by atoms with Crippen LogP contribution in [0.4, 0.5) is 11.4 Å². The molecule has 0 aliphatic carbocycles. The van der Waals surface area contributed by atoms with Crippen LogP contribution in [0.25, 0.3) is 0 Å². The molecule has 14 heavy (non-hydrogen) atoms. The number of fused-ring (bicyclic) bond motifs is 1. The molecule has 0 bridgehead atoms. The summed E-state index contributed by atoms with van der Waals surface area (Å²) in [4.78, 5) is 13.1. The van der Waals surface area contributed by atoms with Crippen molar-refractivity contribution in [3.63, 3.8) is 0 Å². The Balaban J connectivity index is 2.34. The molecule has 1 amide bonds. The van der Waals surface area contributed by atoms with Gasteiger partial charge in [-0.05, 0) is 30.7 Å². The van der Waals surface area contributed by atoms with Crippen molar-refractivity contribution < 1.29 is 4.79 Å². The second-order valence-corrected chi connectivity index (χ2v) is 3.50. The van der Waals surface area contributed by atoms with Gasteiger partial charge in [0.05, 0.1) is 6.42 Å². The summed E-state index contributed by atoms with van der Waals surface area (Å²) in [6, 6.07) is 6.07. The highest BCUT2D eigenvalue weighted by molar-refractivity contribution is 6.01. The van der Waals surface area contributed by atoms with Crippen LogP contribution in [0.2, 0.25) is 0 Å². The number of amides is 1. The highest BCUT2D eigenvalue weighted by atomic mass is 16.2. The van der Waals surface area contributed by atoms with Gasteiger partial charge < -0.3 is 10.2 Å². The van der Waals surface area contributed by atoms with Crippen LogP contribution in [0.5, 0.6) is 0 Å². The second kappa shape index (κ2) is 3.33. The average molecular weight is 190 g/mol. The Kier molecular flexibility index (Phi) is 2.15. The number of anilines is 2. The summed E-state index contributed by atoms with van der Waals surface area (Å²) in [6.45, 7) is 2.97. The molecule has 0 saturated heterocycles. The number of rotatable bonds is 2. The molecule has 1 aromatic rings. The lowest BCUT2D eigenvalue weighted by molar-refractivity contribution is -0.117. The smallest absolute Gasteiger partial charge is 0.231 e. The van der Waals surface area contributed by atoms with Gasteiger partial charge in [0, 0.05) is 25.0 Å². The zero-order chi connectivity index (χ0) is 10.1. The monoisotopic (exact) mass is 190 g/mol. The molecule has 0 aromatic heterocycles. The van der Waals surface area contributed by atoms with Gasteiger partial charge in [-0.1, -0.05) is 0 Å². The maximum Gasteiger partial charge on any atom is 0.231 e. The van der Waals surface area contributed by atoms with Gasteiger partial charge in [0.2, 0.25) is 5.91 Å². The van der Waals surface area contributed by atoms with Crippen LogP contribution in [0.15, 0.2) is 18.2 Å². The van der Waals surface area contributed by atoms with Gasteiger partial charge >= 0.3 is 0 Å². The minimum atomic E-state index is 0.175. The summed E-state index contributed by atoms with van der Waals surface area (Å²) in [5.74, 6) is 0.175. The van der Waals surface area contributed by atoms with Crippen LogP contribution in [-0.2, 0) is 11.2 Å². The van der Waals surface area contributed by atoms with Crippen LogP contribution >= 0.6 is 0 Å². The molecule has 0 fully saturated rings. The quantitative estimate of drug-likeness (QED) is 0.768. The highest BCUT2D eigenvalue weighted by Gasteiger charge is 2.23. The van der Waals surface area contributed by atoms with Crippen LogP contribution < -0.4 is 10.2 Å². The van der Waals surface area contributed by atoms with E-state index in [1.165, 1.54) is 0 Å². The molecule has 0 unspecified atom stereocenters. The molecule has 0 spiro atoms. The molecule has 0 radical (unpaired) electrons. The third-order valence-electron chi connectivity index (χ3n) is 2.54. The molecule has 74 valence electrons. The third kappa shape index (κ3) is 1.35. The van der Waals surface area contributed by atoms with Crippen LogP contribution in [0, 0.1) is 0 Å².